The zero-order valence-electron chi connectivity index (χ0n) is 5.26. The second kappa shape index (κ2) is 2.37. The highest BCUT2D eigenvalue weighted by Crippen LogP contribution is 2.16. The van der Waals surface area contributed by atoms with E-state index < -0.39 is 12.0 Å². The smallest absolute Gasteiger partial charge is 0.279 e. The molecule has 0 aromatic carbocycles. The minimum absolute atomic E-state index is 0.458. The van der Waals surface area contributed by atoms with Crippen LogP contribution in [0, 0.1) is 5.41 Å². The van der Waals surface area contributed by atoms with Gasteiger partial charge in [-0.3, -0.25) is 5.41 Å². The third-order valence-corrected chi connectivity index (χ3v) is 1.00. The van der Waals surface area contributed by atoms with Crippen molar-refractivity contribution in [3.63, 3.8) is 0 Å². The molecule has 0 atom stereocenters. The van der Waals surface area contributed by atoms with E-state index in [1.54, 1.807) is 0 Å². The molecule has 0 spiro atoms. The van der Waals surface area contributed by atoms with Gasteiger partial charge < -0.3 is 0 Å². The van der Waals surface area contributed by atoms with Crippen LogP contribution in [0.25, 0.3) is 0 Å². The van der Waals surface area contributed by atoms with Crippen molar-refractivity contribution in [2.75, 3.05) is 0 Å². The molecule has 0 saturated heterocycles. The Morgan fingerprint density at radius 3 is 2.45 bits per heavy atom. The first kappa shape index (κ1) is 7.77. The topological polar surface area (TPSA) is 41.7 Å². The van der Waals surface area contributed by atoms with Gasteiger partial charge in [-0.05, 0) is 6.07 Å². The summed E-state index contributed by atoms with van der Waals surface area (Å²) in [6.07, 6.45) is -2.39. The third kappa shape index (κ3) is 1.57. The van der Waals surface area contributed by atoms with Crippen molar-refractivity contribution in [1.82, 2.24) is 9.78 Å². The van der Waals surface area contributed by atoms with Crippen LogP contribution in [0.3, 0.4) is 0 Å². The third-order valence-electron chi connectivity index (χ3n) is 1.00. The van der Waals surface area contributed by atoms with Gasteiger partial charge in [-0.1, -0.05) is 0 Å². The normalized spacial score (nSPS) is 11.5. The summed E-state index contributed by atoms with van der Waals surface area (Å²) in [6.45, 7) is 0. The summed E-state index contributed by atoms with van der Waals surface area (Å²) in [4.78, 5) is 0. The number of hydrogen-bond acceptors (Lipinski definition) is 2. The maximum absolute atomic E-state index is 11.7. The average molecular weight is 163 g/mol. The second-order valence-corrected chi connectivity index (χ2v) is 1.80. The Labute approximate surface area is 60.0 Å². The van der Waals surface area contributed by atoms with Crippen molar-refractivity contribution in [3.05, 3.63) is 18.5 Å². The Hall–Kier alpha value is -1.33. The lowest BCUT2D eigenvalue weighted by Gasteiger charge is -2.06. The molecular weight excluding hydrogens is 159 g/mol. The zero-order valence-corrected chi connectivity index (χ0v) is 5.26. The molecule has 0 aliphatic heterocycles. The van der Waals surface area contributed by atoms with Gasteiger partial charge in [-0.25, -0.2) is 4.68 Å². The second-order valence-electron chi connectivity index (χ2n) is 1.80. The molecule has 1 rings (SSSR count). The molecule has 0 radical (unpaired) electrons. The molecule has 60 valence electrons. The van der Waals surface area contributed by atoms with Crippen molar-refractivity contribution < 1.29 is 13.2 Å². The lowest BCUT2D eigenvalue weighted by molar-refractivity contribution is -0.0629. The Bertz CT molecular complexity index is 248. The van der Waals surface area contributed by atoms with E-state index in [1.165, 1.54) is 12.3 Å². The van der Waals surface area contributed by atoms with Gasteiger partial charge in [0.05, 0.1) is 0 Å². The summed E-state index contributed by atoms with van der Waals surface area (Å²) in [5.74, 6) is -1.48. The number of nitrogens with one attached hydrogen (secondary N) is 1. The molecule has 0 saturated carbocycles. The van der Waals surface area contributed by atoms with Crippen LogP contribution in [0.4, 0.5) is 13.2 Å². The lowest BCUT2D eigenvalue weighted by Crippen LogP contribution is -2.29. The maximum atomic E-state index is 11.7. The largest absolute Gasteiger partial charge is 0.450 e. The van der Waals surface area contributed by atoms with E-state index >= 15 is 0 Å². The zero-order chi connectivity index (χ0) is 8.48. The highest BCUT2D eigenvalue weighted by Gasteiger charge is 2.36. The molecular formula is C5H4F3N3. The van der Waals surface area contributed by atoms with Gasteiger partial charge in [0, 0.05) is 12.4 Å². The molecule has 1 aromatic heterocycles. The number of halogens is 3. The van der Waals surface area contributed by atoms with Gasteiger partial charge in [-0.15, -0.1) is 0 Å². The lowest BCUT2D eigenvalue weighted by atomic mass is 10.6. The predicted molar refractivity (Wildman–Crippen MR) is 31.4 cm³/mol. The summed E-state index contributed by atoms with van der Waals surface area (Å²) < 4.78 is 35.6. The number of rotatable bonds is 0. The van der Waals surface area contributed by atoms with Gasteiger partial charge in [0.2, 0.25) is 5.84 Å². The summed E-state index contributed by atoms with van der Waals surface area (Å²) in [5.41, 5.74) is 0. The van der Waals surface area contributed by atoms with Crippen LogP contribution in [0.1, 0.15) is 0 Å². The molecule has 0 bridgehead atoms. The fraction of sp³-hybridized carbons (Fsp3) is 0.200. The van der Waals surface area contributed by atoms with Crippen LogP contribution in [0.15, 0.2) is 18.5 Å². The number of alkyl halides is 3. The average Bonchev–Trinajstić information content (AvgIpc) is 2.34. The van der Waals surface area contributed by atoms with Gasteiger partial charge in [0.1, 0.15) is 0 Å². The fourth-order valence-electron chi connectivity index (χ4n) is 0.531. The Morgan fingerprint density at radius 2 is 2.09 bits per heavy atom. The Balaban J connectivity index is 2.88. The van der Waals surface area contributed by atoms with E-state index in [0.717, 1.165) is 6.20 Å². The molecule has 0 aliphatic carbocycles. The minimum Gasteiger partial charge on any atom is -0.279 e. The summed E-state index contributed by atoms with van der Waals surface area (Å²) in [5, 5.41) is 9.83. The van der Waals surface area contributed by atoms with Gasteiger partial charge in [0.25, 0.3) is 0 Å². The Morgan fingerprint density at radius 1 is 1.45 bits per heavy atom. The van der Waals surface area contributed by atoms with Crippen LogP contribution in [0.2, 0.25) is 0 Å². The number of nitrogens with zero attached hydrogens (tertiary/aromatic N) is 2. The highest BCUT2D eigenvalue weighted by molar-refractivity contribution is 5.85. The van der Waals surface area contributed by atoms with Crippen molar-refractivity contribution in [1.29, 1.82) is 5.41 Å². The van der Waals surface area contributed by atoms with Crippen molar-refractivity contribution in [2.45, 2.75) is 6.18 Å². The van der Waals surface area contributed by atoms with E-state index in [0.29, 0.717) is 4.68 Å². The number of hydrogen-bond donors (Lipinski definition) is 1. The molecule has 3 nitrogen and oxygen atoms in total. The maximum Gasteiger partial charge on any atom is 0.450 e. The first-order valence-corrected chi connectivity index (χ1v) is 2.67. The predicted octanol–water partition coefficient (Wildman–Crippen LogP) is 1.27. The van der Waals surface area contributed by atoms with Crippen molar-refractivity contribution in [3.8, 4) is 0 Å². The standard InChI is InChI=1S/C5H4F3N3/c6-5(7,8)4(9)11-3-1-2-10-11/h1-3,9H. The van der Waals surface area contributed by atoms with Gasteiger partial charge in [0.15, 0.2) is 0 Å². The first-order chi connectivity index (χ1) is 5.02. The van der Waals surface area contributed by atoms with Crippen LogP contribution in [-0.2, 0) is 0 Å². The van der Waals surface area contributed by atoms with E-state index in [9.17, 15) is 13.2 Å². The van der Waals surface area contributed by atoms with Crippen molar-refractivity contribution >= 4 is 5.84 Å². The van der Waals surface area contributed by atoms with E-state index in [4.69, 9.17) is 5.41 Å². The van der Waals surface area contributed by atoms with Gasteiger partial charge in [-0.2, -0.15) is 18.3 Å². The van der Waals surface area contributed by atoms with E-state index in [-0.39, 0.29) is 0 Å². The molecule has 11 heavy (non-hydrogen) atoms. The van der Waals surface area contributed by atoms with Gasteiger partial charge >= 0.3 is 6.18 Å². The highest BCUT2D eigenvalue weighted by atomic mass is 19.4. The van der Waals surface area contributed by atoms with Crippen LogP contribution in [0.5, 0.6) is 0 Å². The first-order valence-electron chi connectivity index (χ1n) is 2.67. The van der Waals surface area contributed by atoms with E-state index in [2.05, 4.69) is 5.10 Å². The quantitative estimate of drug-likeness (QED) is 0.454. The molecule has 6 heteroatoms. The molecule has 0 amide bonds. The Kier molecular flexibility index (Phi) is 1.67. The molecule has 1 N–H and O–H groups in total. The van der Waals surface area contributed by atoms with Crippen LogP contribution < -0.4 is 0 Å². The van der Waals surface area contributed by atoms with Crippen molar-refractivity contribution in [2.24, 2.45) is 0 Å². The van der Waals surface area contributed by atoms with E-state index in [1.807, 2.05) is 0 Å². The summed E-state index contributed by atoms with van der Waals surface area (Å²) >= 11 is 0. The SMILES string of the molecule is N=C(n1cccn1)C(F)(F)F. The van der Waals surface area contributed by atoms with Crippen LogP contribution in [-0.4, -0.2) is 21.8 Å². The number of aromatic nitrogens is 2. The molecule has 1 heterocycles. The van der Waals surface area contributed by atoms with Crippen LogP contribution >= 0.6 is 0 Å². The summed E-state index contributed by atoms with van der Waals surface area (Å²) in [7, 11) is 0. The summed E-state index contributed by atoms with van der Waals surface area (Å²) in [6, 6.07) is 1.32. The minimum atomic E-state index is -4.63. The fourth-order valence-corrected chi connectivity index (χ4v) is 0.531. The molecule has 1 aromatic rings. The molecule has 0 aliphatic rings. The monoisotopic (exact) mass is 163 g/mol. The molecule has 0 unspecified atom stereocenters. The molecule has 0 fully saturated rings.